The maximum Gasteiger partial charge on any atom is 0.243 e. The molecular weight excluding hydrogens is 432 g/mol. The summed E-state index contributed by atoms with van der Waals surface area (Å²) in [7, 11) is 0. The molecule has 2 heterocycles. The summed E-state index contributed by atoms with van der Waals surface area (Å²) in [6, 6.07) is 15.2. The monoisotopic (exact) mass is 454 g/mol. The Bertz CT molecular complexity index is 999. The zero-order valence-electron chi connectivity index (χ0n) is 16.0. The number of amides is 2. The van der Waals surface area contributed by atoms with Crippen molar-refractivity contribution < 1.29 is 9.59 Å². The Balaban J connectivity index is 1.33. The Hall–Kier alpha value is -2.67. The van der Waals surface area contributed by atoms with Crippen LogP contribution in [0.4, 0.5) is 0 Å². The summed E-state index contributed by atoms with van der Waals surface area (Å²) in [5, 5.41) is 2.98. The van der Waals surface area contributed by atoms with Crippen LogP contribution < -0.4 is 5.32 Å². The molecule has 2 amide bonds. The molecule has 0 radical (unpaired) electrons. The normalized spacial score (nSPS) is 16.3. The van der Waals surface area contributed by atoms with Gasteiger partial charge in [0, 0.05) is 30.4 Å². The summed E-state index contributed by atoms with van der Waals surface area (Å²) in [5.74, 6) is 0.716. The van der Waals surface area contributed by atoms with Crippen LogP contribution in [0.5, 0.6) is 0 Å². The number of imidazole rings is 1. The Morgan fingerprint density at radius 2 is 1.97 bits per heavy atom. The summed E-state index contributed by atoms with van der Waals surface area (Å²) in [5.41, 5.74) is 2.89. The fourth-order valence-corrected chi connectivity index (χ4v) is 4.20. The van der Waals surface area contributed by atoms with E-state index in [9.17, 15) is 9.59 Å². The van der Waals surface area contributed by atoms with E-state index in [-0.39, 0.29) is 17.9 Å². The minimum Gasteiger partial charge on any atom is -0.350 e. The van der Waals surface area contributed by atoms with Gasteiger partial charge in [0.1, 0.15) is 11.9 Å². The topological polar surface area (TPSA) is 78.1 Å². The summed E-state index contributed by atoms with van der Waals surface area (Å²) >= 11 is 3.50. The summed E-state index contributed by atoms with van der Waals surface area (Å²) < 4.78 is 0.963. The number of aryl methyl sites for hydroxylation is 1. The summed E-state index contributed by atoms with van der Waals surface area (Å²) in [6.45, 7) is 1.07. The van der Waals surface area contributed by atoms with Gasteiger partial charge in [-0.25, -0.2) is 4.98 Å². The van der Waals surface area contributed by atoms with Crippen molar-refractivity contribution in [2.24, 2.45) is 0 Å². The molecule has 1 aliphatic rings. The first-order valence-corrected chi connectivity index (χ1v) is 10.7. The fourth-order valence-electron chi connectivity index (χ4n) is 3.77. The van der Waals surface area contributed by atoms with Crippen molar-refractivity contribution in [3.05, 3.63) is 64.4 Å². The number of nitrogens with one attached hydrogen (secondary N) is 2. The number of para-hydroxylation sites is 2. The van der Waals surface area contributed by atoms with Gasteiger partial charge in [-0.1, -0.05) is 46.3 Å². The van der Waals surface area contributed by atoms with E-state index in [0.717, 1.165) is 33.3 Å². The second kappa shape index (κ2) is 8.78. The van der Waals surface area contributed by atoms with E-state index in [2.05, 4.69) is 31.2 Å². The van der Waals surface area contributed by atoms with Crippen LogP contribution in [0.15, 0.2) is 53.0 Å². The smallest absolute Gasteiger partial charge is 0.243 e. The number of benzene rings is 2. The molecule has 150 valence electrons. The molecule has 29 heavy (non-hydrogen) atoms. The van der Waals surface area contributed by atoms with Crippen LogP contribution in [-0.4, -0.2) is 39.3 Å². The Kier molecular flexibility index (Phi) is 5.94. The summed E-state index contributed by atoms with van der Waals surface area (Å²) in [6.07, 6.45) is 2.44. The highest BCUT2D eigenvalue weighted by Gasteiger charge is 2.33. The number of hydrogen-bond donors (Lipinski definition) is 2. The molecule has 1 aromatic heterocycles. The van der Waals surface area contributed by atoms with Crippen molar-refractivity contribution in [3.8, 4) is 0 Å². The largest absolute Gasteiger partial charge is 0.350 e. The van der Waals surface area contributed by atoms with Gasteiger partial charge in [0.05, 0.1) is 11.0 Å². The van der Waals surface area contributed by atoms with E-state index in [4.69, 9.17) is 0 Å². The molecule has 2 N–H and O–H groups in total. The van der Waals surface area contributed by atoms with Crippen LogP contribution in [0.1, 0.15) is 30.7 Å². The number of rotatable bonds is 6. The Morgan fingerprint density at radius 1 is 1.17 bits per heavy atom. The highest BCUT2D eigenvalue weighted by atomic mass is 79.9. The number of aromatic amines is 1. The van der Waals surface area contributed by atoms with Gasteiger partial charge in [0.25, 0.3) is 0 Å². The zero-order chi connectivity index (χ0) is 20.2. The predicted molar refractivity (Wildman–Crippen MR) is 115 cm³/mol. The third kappa shape index (κ3) is 4.50. The number of likely N-dealkylation sites (tertiary alicyclic amines) is 1. The molecule has 7 heteroatoms. The maximum atomic E-state index is 12.8. The molecule has 1 saturated heterocycles. The van der Waals surface area contributed by atoms with E-state index in [1.54, 1.807) is 4.90 Å². The molecule has 0 aliphatic carbocycles. The summed E-state index contributed by atoms with van der Waals surface area (Å²) in [4.78, 5) is 35.0. The van der Waals surface area contributed by atoms with Crippen LogP contribution in [0, 0.1) is 0 Å². The average molecular weight is 455 g/mol. The van der Waals surface area contributed by atoms with E-state index in [0.29, 0.717) is 32.4 Å². The lowest BCUT2D eigenvalue weighted by Gasteiger charge is -2.24. The molecule has 1 aliphatic heterocycles. The first-order chi connectivity index (χ1) is 14.1. The molecule has 0 saturated carbocycles. The quantitative estimate of drug-likeness (QED) is 0.597. The minimum absolute atomic E-state index is 0.00370. The Labute approximate surface area is 177 Å². The number of hydrogen-bond acceptors (Lipinski definition) is 3. The van der Waals surface area contributed by atoms with Crippen molar-refractivity contribution in [1.29, 1.82) is 0 Å². The lowest BCUT2D eigenvalue weighted by molar-refractivity contribution is -0.138. The molecule has 6 nitrogen and oxygen atoms in total. The van der Waals surface area contributed by atoms with E-state index in [1.165, 1.54) is 0 Å². The molecule has 1 fully saturated rings. The fraction of sp³-hybridized carbons (Fsp3) is 0.318. The van der Waals surface area contributed by atoms with Crippen molar-refractivity contribution in [3.63, 3.8) is 0 Å². The molecule has 2 aromatic carbocycles. The van der Waals surface area contributed by atoms with Crippen molar-refractivity contribution >= 4 is 38.8 Å². The lowest BCUT2D eigenvalue weighted by atomic mass is 10.1. The van der Waals surface area contributed by atoms with Gasteiger partial charge in [0.2, 0.25) is 11.8 Å². The van der Waals surface area contributed by atoms with Crippen molar-refractivity contribution in [2.75, 3.05) is 6.54 Å². The number of halogens is 1. The number of aromatic nitrogens is 2. The molecule has 3 aromatic rings. The minimum atomic E-state index is -0.388. The third-order valence-electron chi connectivity index (χ3n) is 5.30. The van der Waals surface area contributed by atoms with Crippen LogP contribution >= 0.6 is 15.9 Å². The molecular formula is C22H23BrN4O2. The lowest BCUT2D eigenvalue weighted by Crippen LogP contribution is -2.45. The number of nitrogens with zero attached hydrogens (tertiary/aromatic N) is 2. The van der Waals surface area contributed by atoms with Gasteiger partial charge in [-0.3, -0.25) is 9.59 Å². The standard InChI is InChI=1S/C22H23BrN4O2/c23-16-7-2-1-6-15(16)14-24-22(29)19-10-5-13-27(19)21(28)12-11-20-25-17-8-3-4-9-18(17)26-20/h1-4,6-9,19H,5,10-14H2,(H,24,29)(H,25,26)/t19-/m0/s1. The van der Waals surface area contributed by atoms with Gasteiger partial charge in [0.15, 0.2) is 0 Å². The number of H-pyrrole nitrogens is 1. The van der Waals surface area contributed by atoms with Gasteiger partial charge in [-0.15, -0.1) is 0 Å². The first-order valence-electron chi connectivity index (χ1n) is 9.86. The van der Waals surface area contributed by atoms with Crippen molar-refractivity contribution in [1.82, 2.24) is 20.2 Å². The van der Waals surface area contributed by atoms with Crippen LogP contribution in [0.3, 0.4) is 0 Å². The van der Waals surface area contributed by atoms with E-state index < -0.39 is 0 Å². The second-order valence-corrected chi connectivity index (χ2v) is 8.11. The second-order valence-electron chi connectivity index (χ2n) is 7.26. The molecule has 1 atom stereocenters. The van der Waals surface area contributed by atoms with Crippen LogP contribution in [-0.2, 0) is 22.6 Å². The van der Waals surface area contributed by atoms with Crippen molar-refractivity contribution in [2.45, 2.75) is 38.3 Å². The number of carbonyl (C=O) groups is 2. The SMILES string of the molecule is O=C(NCc1ccccc1Br)[C@@H]1CCCN1C(=O)CCc1nc2ccccc2[nH]1. The van der Waals surface area contributed by atoms with Gasteiger partial charge in [-0.05, 0) is 36.6 Å². The molecule has 0 spiro atoms. The highest BCUT2D eigenvalue weighted by Crippen LogP contribution is 2.21. The highest BCUT2D eigenvalue weighted by molar-refractivity contribution is 9.10. The van der Waals surface area contributed by atoms with Crippen LogP contribution in [0.25, 0.3) is 11.0 Å². The zero-order valence-corrected chi connectivity index (χ0v) is 17.6. The predicted octanol–water partition coefficient (Wildman–Crippen LogP) is 3.57. The number of fused-ring (bicyclic) bond motifs is 1. The first kappa shape index (κ1) is 19.6. The molecule has 0 unspecified atom stereocenters. The van der Waals surface area contributed by atoms with Gasteiger partial charge in [-0.2, -0.15) is 0 Å². The van der Waals surface area contributed by atoms with Gasteiger partial charge >= 0.3 is 0 Å². The maximum absolute atomic E-state index is 12.8. The van der Waals surface area contributed by atoms with Gasteiger partial charge < -0.3 is 15.2 Å². The van der Waals surface area contributed by atoms with E-state index >= 15 is 0 Å². The Morgan fingerprint density at radius 3 is 2.79 bits per heavy atom. The van der Waals surface area contributed by atoms with E-state index in [1.807, 2.05) is 48.5 Å². The average Bonchev–Trinajstić information content (AvgIpc) is 3.38. The molecule has 4 rings (SSSR count). The number of carbonyl (C=O) groups excluding carboxylic acids is 2. The molecule has 0 bridgehead atoms. The van der Waals surface area contributed by atoms with Crippen LogP contribution in [0.2, 0.25) is 0 Å². The third-order valence-corrected chi connectivity index (χ3v) is 6.07.